The van der Waals surface area contributed by atoms with E-state index < -0.39 is 11.7 Å². The summed E-state index contributed by atoms with van der Waals surface area (Å²) >= 11 is 0. The van der Waals surface area contributed by atoms with Gasteiger partial charge in [-0.3, -0.25) is 0 Å². The fourth-order valence-electron chi connectivity index (χ4n) is 6.14. The summed E-state index contributed by atoms with van der Waals surface area (Å²) in [6.07, 6.45) is 11.0. The lowest BCUT2D eigenvalue weighted by Gasteiger charge is -2.42. The van der Waals surface area contributed by atoms with Crippen molar-refractivity contribution in [1.29, 1.82) is 0 Å². The molecule has 0 nitrogen and oxygen atoms in total. The van der Waals surface area contributed by atoms with Crippen LogP contribution in [0, 0.1) is 29.6 Å². The standard InChI is InChI=1S/C31H37F3/c1-2-3-4-5-6-25-11-16-29-22-28(18-17-27(29)21-25)26-14-9-23(10-15-26)7-8-24-12-19-30(20-13-24)31(32,33)34/h9-10,12-15,19-20,25,27-29H,2-6,11,16-18,21-22H2,1H3/t25?,27-,28-,29-/m1/s1. The van der Waals surface area contributed by atoms with Gasteiger partial charge in [-0.1, -0.05) is 69.4 Å². The summed E-state index contributed by atoms with van der Waals surface area (Å²) in [4.78, 5) is 0. The molecule has 2 aromatic carbocycles. The monoisotopic (exact) mass is 466 g/mol. The molecule has 0 spiro atoms. The molecule has 182 valence electrons. The molecule has 4 rings (SSSR count). The summed E-state index contributed by atoms with van der Waals surface area (Å²) < 4.78 is 38.1. The largest absolute Gasteiger partial charge is 0.416 e. The molecular weight excluding hydrogens is 429 g/mol. The summed E-state index contributed by atoms with van der Waals surface area (Å²) in [6, 6.07) is 13.6. The van der Waals surface area contributed by atoms with Crippen LogP contribution in [0.3, 0.4) is 0 Å². The zero-order chi connectivity index (χ0) is 24.0. The van der Waals surface area contributed by atoms with Gasteiger partial charge >= 0.3 is 6.18 Å². The van der Waals surface area contributed by atoms with Crippen LogP contribution in [0.25, 0.3) is 0 Å². The maximum Gasteiger partial charge on any atom is 0.416 e. The van der Waals surface area contributed by atoms with Crippen LogP contribution in [-0.4, -0.2) is 0 Å². The Balaban J connectivity index is 1.29. The van der Waals surface area contributed by atoms with Crippen molar-refractivity contribution in [3.8, 4) is 11.8 Å². The van der Waals surface area contributed by atoms with Gasteiger partial charge in [0, 0.05) is 11.1 Å². The summed E-state index contributed by atoms with van der Waals surface area (Å²) in [5, 5.41) is 0. The van der Waals surface area contributed by atoms with E-state index in [1.54, 1.807) is 0 Å². The molecule has 0 radical (unpaired) electrons. The maximum atomic E-state index is 12.7. The van der Waals surface area contributed by atoms with E-state index in [-0.39, 0.29) is 0 Å². The van der Waals surface area contributed by atoms with Crippen molar-refractivity contribution < 1.29 is 13.2 Å². The van der Waals surface area contributed by atoms with Gasteiger partial charge in [-0.2, -0.15) is 13.2 Å². The van der Waals surface area contributed by atoms with Crippen molar-refractivity contribution in [3.05, 3.63) is 70.8 Å². The van der Waals surface area contributed by atoms with Gasteiger partial charge < -0.3 is 0 Å². The normalized spacial score (nSPS) is 24.7. The Morgan fingerprint density at radius 3 is 2.00 bits per heavy atom. The van der Waals surface area contributed by atoms with E-state index in [0.29, 0.717) is 11.5 Å². The van der Waals surface area contributed by atoms with Gasteiger partial charge in [0.2, 0.25) is 0 Å². The Bertz CT molecular complexity index is 959. The summed E-state index contributed by atoms with van der Waals surface area (Å²) in [6.45, 7) is 2.29. The van der Waals surface area contributed by atoms with E-state index in [9.17, 15) is 13.2 Å². The molecule has 2 fully saturated rings. The molecule has 3 heteroatoms. The number of rotatable bonds is 6. The van der Waals surface area contributed by atoms with Crippen molar-refractivity contribution in [3.63, 3.8) is 0 Å². The molecule has 34 heavy (non-hydrogen) atoms. The average molecular weight is 467 g/mol. The fourth-order valence-corrected chi connectivity index (χ4v) is 6.14. The Morgan fingerprint density at radius 2 is 1.35 bits per heavy atom. The number of hydrogen-bond donors (Lipinski definition) is 0. The van der Waals surface area contributed by atoms with Crippen molar-refractivity contribution in [2.75, 3.05) is 0 Å². The molecule has 0 saturated heterocycles. The van der Waals surface area contributed by atoms with E-state index in [2.05, 4.69) is 43.0 Å². The molecule has 0 heterocycles. The number of fused-ring (bicyclic) bond motifs is 1. The lowest BCUT2D eigenvalue weighted by atomic mass is 9.63. The minimum absolute atomic E-state index is 0.594. The maximum absolute atomic E-state index is 12.7. The van der Waals surface area contributed by atoms with Crippen LogP contribution < -0.4 is 0 Å². The van der Waals surface area contributed by atoms with Gasteiger partial charge in [-0.05, 0) is 97.7 Å². The van der Waals surface area contributed by atoms with Gasteiger partial charge in [0.25, 0.3) is 0 Å². The predicted molar refractivity (Wildman–Crippen MR) is 134 cm³/mol. The third kappa shape index (κ3) is 6.68. The topological polar surface area (TPSA) is 0 Å². The summed E-state index contributed by atoms with van der Waals surface area (Å²) in [7, 11) is 0. The Kier molecular flexibility index (Phi) is 8.41. The van der Waals surface area contributed by atoms with Crippen molar-refractivity contribution in [1.82, 2.24) is 0 Å². The Morgan fingerprint density at radius 1 is 0.735 bits per heavy atom. The first kappa shape index (κ1) is 24.9. The number of halogens is 3. The fraction of sp³-hybridized carbons (Fsp3) is 0.548. The molecule has 4 atom stereocenters. The quantitative estimate of drug-likeness (QED) is 0.294. The number of alkyl halides is 3. The average Bonchev–Trinajstić information content (AvgIpc) is 2.85. The third-order valence-corrected chi connectivity index (χ3v) is 8.13. The second kappa shape index (κ2) is 11.5. The van der Waals surface area contributed by atoms with Crippen molar-refractivity contribution >= 4 is 0 Å². The van der Waals surface area contributed by atoms with Gasteiger partial charge in [0.05, 0.1) is 5.56 Å². The molecule has 1 unspecified atom stereocenters. The van der Waals surface area contributed by atoms with Crippen LogP contribution in [0.15, 0.2) is 48.5 Å². The molecule has 0 aromatic heterocycles. The molecule has 2 aromatic rings. The zero-order valence-corrected chi connectivity index (χ0v) is 20.3. The van der Waals surface area contributed by atoms with Crippen LogP contribution in [0.4, 0.5) is 13.2 Å². The lowest BCUT2D eigenvalue weighted by Crippen LogP contribution is -2.30. The first-order valence-corrected chi connectivity index (χ1v) is 13.2. The highest BCUT2D eigenvalue weighted by Crippen LogP contribution is 2.48. The second-order valence-corrected chi connectivity index (χ2v) is 10.5. The van der Waals surface area contributed by atoms with Gasteiger partial charge in [0.1, 0.15) is 0 Å². The van der Waals surface area contributed by atoms with Crippen LogP contribution in [-0.2, 0) is 6.18 Å². The van der Waals surface area contributed by atoms with Gasteiger partial charge in [-0.25, -0.2) is 0 Å². The molecule has 2 aliphatic rings. The molecule has 2 saturated carbocycles. The molecule has 2 aliphatic carbocycles. The number of hydrogen-bond acceptors (Lipinski definition) is 0. The summed E-state index contributed by atoms with van der Waals surface area (Å²) in [5.74, 6) is 9.53. The first-order valence-electron chi connectivity index (χ1n) is 13.2. The van der Waals surface area contributed by atoms with Gasteiger partial charge in [0.15, 0.2) is 0 Å². The highest BCUT2D eigenvalue weighted by Gasteiger charge is 2.35. The minimum atomic E-state index is -4.31. The van der Waals surface area contributed by atoms with Crippen LogP contribution in [0.1, 0.15) is 106 Å². The van der Waals surface area contributed by atoms with Gasteiger partial charge in [-0.15, -0.1) is 0 Å². The highest BCUT2D eigenvalue weighted by molar-refractivity contribution is 5.44. The van der Waals surface area contributed by atoms with E-state index in [1.165, 1.54) is 88.3 Å². The van der Waals surface area contributed by atoms with Crippen molar-refractivity contribution in [2.24, 2.45) is 17.8 Å². The van der Waals surface area contributed by atoms with Crippen molar-refractivity contribution in [2.45, 2.75) is 89.6 Å². The van der Waals surface area contributed by atoms with E-state index in [1.807, 2.05) is 0 Å². The second-order valence-electron chi connectivity index (χ2n) is 10.5. The third-order valence-electron chi connectivity index (χ3n) is 8.13. The molecule has 0 N–H and O–H groups in total. The molecule has 0 aliphatic heterocycles. The lowest BCUT2D eigenvalue weighted by molar-refractivity contribution is -0.137. The molecule has 0 bridgehead atoms. The van der Waals surface area contributed by atoms with E-state index >= 15 is 0 Å². The first-order chi connectivity index (χ1) is 16.4. The smallest absolute Gasteiger partial charge is 0.166 e. The van der Waals surface area contributed by atoms with Crippen LogP contribution in [0.5, 0.6) is 0 Å². The Labute approximate surface area is 203 Å². The van der Waals surface area contributed by atoms with Crippen LogP contribution in [0.2, 0.25) is 0 Å². The SMILES string of the molecule is CCCCCCC1CC[C@@H]2C[C@H](c3ccc(C#Cc4ccc(C(F)(F)F)cc4)cc3)CC[C@@H]2C1. The zero-order valence-electron chi connectivity index (χ0n) is 20.3. The minimum Gasteiger partial charge on any atom is -0.166 e. The molecule has 0 amide bonds. The van der Waals surface area contributed by atoms with E-state index in [4.69, 9.17) is 0 Å². The number of unbranched alkanes of at least 4 members (excludes halogenated alkanes) is 3. The van der Waals surface area contributed by atoms with E-state index in [0.717, 1.165) is 35.4 Å². The highest BCUT2D eigenvalue weighted by atomic mass is 19.4. The number of benzene rings is 2. The molecular formula is C31H37F3. The summed E-state index contributed by atoms with van der Waals surface area (Å²) in [5.41, 5.74) is 2.27. The Hall–Kier alpha value is -2.21. The van der Waals surface area contributed by atoms with Crippen LogP contribution >= 0.6 is 0 Å². The predicted octanol–water partition coefficient (Wildman–Crippen LogP) is 9.38.